The number of rotatable bonds is 3. The van der Waals surface area contributed by atoms with Gasteiger partial charge in [0.1, 0.15) is 0 Å². The van der Waals surface area contributed by atoms with Crippen LogP contribution in [0.15, 0.2) is 0 Å². The maximum absolute atomic E-state index is 11.2. The van der Waals surface area contributed by atoms with Crippen LogP contribution in [0.25, 0.3) is 0 Å². The van der Waals surface area contributed by atoms with Gasteiger partial charge in [0.15, 0.2) is 0 Å². The Morgan fingerprint density at radius 1 is 1.60 bits per heavy atom. The van der Waals surface area contributed by atoms with E-state index in [1.165, 1.54) is 0 Å². The molecule has 0 radical (unpaired) electrons. The topological polar surface area (TPSA) is 35.5 Å². The molecule has 0 unspecified atom stereocenters. The summed E-state index contributed by atoms with van der Waals surface area (Å²) < 4.78 is 11.1. The summed E-state index contributed by atoms with van der Waals surface area (Å²) >= 11 is 0.277. The molecule has 2 bridgehead atoms. The molecule has 0 amide bonds. The fourth-order valence-electron chi connectivity index (χ4n) is 2.47. The van der Waals surface area contributed by atoms with E-state index in [1.807, 2.05) is 6.92 Å². The Morgan fingerprint density at radius 3 is 2.93 bits per heavy atom. The third-order valence-corrected chi connectivity index (χ3v) is 7.33. The van der Waals surface area contributed by atoms with Gasteiger partial charge in [-0.25, -0.2) is 0 Å². The van der Waals surface area contributed by atoms with E-state index >= 15 is 0 Å². The fraction of sp³-hybridized carbons (Fsp3) is 0.909. The first-order valence-electron chi connectivity index (χ1n) is 5.35. The van der Waals surface area contributed by atoms with Crippen molar-refractivity contribution >= 4 is 21.2 Å². The molecule has 2 aliphatic rings. The summed E-state index contributed by atoms with van der Waals surface area (Å²) in [6, 6.07) is 0. The van der Waals surface area contributed by atoms with Crippen molar-refractivity contribution in [1.82, 2.24) is 0 Å². The van der Waals surface area contributed by atoms with Gasteiger partial charge in [0, 0.05) is 0 Å². The second-order valence-electron chi connectivity index (χ2n) is 4.82. The zero-order valence-electron chi connectivity index (χ0n) is 9.49. The molecule has 2 rings (SSSR count). The summed E-state index contributed by atoms with van der Waals surface area (Å²) in [5.41, 5.74) is -0.0385. The van der Waals surface area contributed by atoms with Crippen LogP contribution in [0.5, 0.6) is 0 Å². The van der Waals surface area contributed by atoms with Crippen LogP contribution in [0, 0.1) is 0 Å². The van der Waals surface area contributed by atoms with Crippen molar-refractivity contribution in [3.8, 4) is 0 Å². The average molecular weight is 277 g/mol. The quantitative estimate of drug-likeness (QED) is 0.578. The normalized spacial score (nSPS) is 49.3. The Balaban J connectivity index is 2.22. The number of carbonyl (C=O) groups is 1. The van der Waals surface area contributed by atoms with Crippen molar-refractivity contribution < 1.29 is 14.3 Å². The van der Waals surface area contributed by atoms with Crippen molar-refractivity contribution in [1.29, 1.82) is 0 Å². The van der Waals surface area contributed by atoms with Gasteiger partial charge in [0.25, 0.3) is 0 Å². The van der Waals surface area contributed by atoms with Gasteiger partial charge in [-0.1, -0.05) is 0 Å². The van der Waals surface area contributed by atoms with Crippen LogP contribution >= 0.6 is 0 Å². The number of aldehydes is 1. The Morgan fingerprint density at radius 2 is 2.33 bits per heavy atom. The second-order valence-corrected chi connectivity index (χ2v) is 8.36. The molecule has 4 heteroatoms. The summed E-state index contributed by atoms with van der Waals surface area (Å²) in [6.07, 6.45) is 3.34. The first-order chi connectivity index (χ1) is 7.04. The van der Waals surface area contributed by atoms with E-state index in [9.17, 15) is 4.79 Å². The van der Waals surface area contributed by atoms with Gasteiger partial charge in [-0.3, -0.25) is 0 Å². The number of hydrogen-bond acceptors (Lipinski definition) is 3. The molecule has 2 saturated heterocycles. The van der Waals surface area contributed by atoms with Gasteiger partial charge < -0.3 is 0 Å². The van der Waals surface area contributed by atoms with E-state index in [-0.39, 0.29) is 31.0 Å². The molecule has 0 saturated carbocycles. The molecule has 86 valence electrons. The molecule has 15 heavy (non-hydrogen) atoms. The van der Waals surface area contributed by atoms with Crippen molar-refractivity contribution in [2.45, 2.75) is 47.5 Å². The molecule has 3 nitrogen and oxygen atoms in total. The average Bonchev–Trinajstić information content (AvgIpc) is 2.58. The first-order valence-corrected chi connectivity index (χ1v) is 7.19. The summed E-state index contributed by atoms with van der Waals surface area (Å²) in [5.74, 6) is 0. The first kappa shape index (κ1) is 11.6. The molecule has 4 atom stereocenters. The Hall–Kier alpha value is 0.109. The Labute approximate surface area is 97.0 Å². The molecule has 0 aromatic carbocycles. The van der Waals surface area contributed by atoms with E-state index < -0.39 is 0 Å². The van der Waals surface area contributed by atoms with E-state index in [0.29, 0.717) is 11.4 Å². The SMILES string of the molecule is COC[C@H]1[Se][C@](C)(C=O)[C@H]2CC[C@]1(C)O2. The van der Waals surface area contributed by atoms with Crippen molar-refractivity contribution in [2.24, 2.45) is 0 Å². The van der Waals surface area contributed by atoms with Gasteiger partial charge in [0.05, 0.1) is 0 Å². The van der Waals surface area contributed by atoms with Crippen molar-refractivity contribution in [3.05, 3.63) is 0 Å². The molecule has 0 aromatic heterocycles. The molecule has 0 aliphatic carbocycles. The van der Waals surface area contributed by atoms with Crippen LogP contribution in [0.2, 0.25) is 9.13 Å². The molecule has 0 spiro atoms. The zero-order valence-corrected chi connectivity index (χ0v) is 11.2. The standard InChI is InChI=1S/C11H18O3Se/c1-10-5-4-8(14-10)11(2,7-12)15-9(10)6-13-3/h7-9H,4-6H2,1-3H3/t8-,9-,10+,11-/m1/s1. The van der Waals surface area contributed by atoms with E-state index in [4.69, 9.17) is 9.47 Å². The second kappa shape index (κ2) is 3.85. The Kier molecular flexibility index (Phi) is 2.97. The number of carbonyl (C=O) groups excluding carboxylic acids is 1. The monoisotopic (exact) mass is 278 g/mol. The van der Waals surface area contributed by atoms with Crippen LogP contribution in [-0.2, 0) is 14.3 Å². The summed E-state index contributed by atoms with van der Waals surface area (Å²) in [6.45, 7) is 4.92. The predicted molar refractivity (Wildman–Crippen MR) is 58.3 cm³/mol. The van der Waals surface area contributed by atoms with Gasteiger partial charge in [-0.05, 0) is 0 Å². The number of hydrogen-bond donors (Lipinski definition) is 0. The molecule has 0 N–H and O–H groups in total. The number of ether oxygens (including phenoxy) is 2. The molecule has 2 fully saturated rings. The van der Waals surface area contributed by atoms with E-state index in [2.05, 4.69) is 6.92 Å². The van der Waals surface area contributed by atoms with Gasteiger partial charge in [-0.15, -0.1) is 0 Å². The van der Waals surface area contributed by atoms with Crippen molar-refractivity contribution in [3.63, 3.8) is 0 Å². The number of fused-ring (bicyclic) bond motifs is 2. The third kappa shape index (κ3) is 1.78. The van der Waals surface area contributed by atoms with Crippen molar-refractivity contribution in [2.75, 3.05) is 13.7 Å². The minimum absolute atomic E-state index is 0.0385. The summed E-state index contributed by atoms with van der Waals surface area (Å²) in [4.78, 5) is 11.6. The molecule has 2 aliphatic heterocycles. The predicted octanol–water partition coefficient (Wildman–Crippen LogP) is 1.45. The van der Waals surface area contributed by atoms with Gasteiger partial charge in [0.2, 0.25) is 0 Å². The summed E-state index contributed by atoms with van der Waals surface area (Å²) in [7, 11) is 1.72. The van der Waals surface area contributed by atoms with Gasteiger partial charge in [-0.2, -0.15) is 0 Å². The van der Waals surface area contributed by atoms with Crippen LogP contribution in [0.1, 0.15) is 26.7 Å². The van der Waals surface area contributed by atoms with Crippen LogP contribution < -0.4 is 0 Å². The van der Waals surface area contributed by atoms with Crippen LogP contribution in [0.3, 0.4) is 0 Å². The van der Waals surface area contributed by atoms with Crippen LogP contribution in [0.4, 0.5) is 0 Å². The van der Waals surface area contributed by atoms with Crippen LogP contribution in [-0.4, -0.2) is 46.7 Å². The maximum atomic E-state index is 11.2. The zero-order chi connectivity index (χ0) is 11.1. The van der Waals surface area contributed by atoms with E-state index in [0.717, 1.165) is 19.1 Å². The van der Waals surface area contributed by atoms with E-state index in [1.54, 1.807) is 7.11 Å². The van der Waals surface area contributed by atoms with Gasteiger partial charge >= 0.3 is 96.8 Å². The molecular formula is C11H18O3Se. The minimum atomic E-state index is -0.244. The molecular weight excluding hydrogens is 259 g/mol. The molecule has 0 aromatic rings. The Bertz CT molecular complexity index is 271. The summed E-state index contributed by atoms with van der Waals surface area (Å²) in [5, 5.41) is 0. The fourth-order valence-corrected chi connectivity index (χ4v) is 5.86. The third-order valence-electron chi connectivity index (χ3n) is 3.58. The molecule has 2 heterocycles. The number of methoxy groups -OCH3 is 1.